The first-order valence-corrected chi connectivity index (χ1v) is 10.2. The van der Waals surface area contributed by atoms with Crippen molar-refractivity contribution >= 4 is 27.3 Å². The third-order valence-corrected chi connectivity index (χ3v) is 5.55. The summed E-state index contributed by atoms with van der Waals surface area (Å²) in [4.78, 5) is 12.5. The van der Waals surface area contributed by atoms with Crippen LogP contribution in [0, 0.1) is 6.92 Å². The second-order valence-electron chi connectivity index (χ2n) is 6.53. The van der Waals surface area contributed by atoms with Crippen molar-refractivity contribution in [1.29, 1.82) is 0 Å². The van der Waals surface area contributed by atoms with Gasteiger partial charge in [0, 0.05) is 16.9 Å². The molecule has 0 fully saturated rings. The van der Waals surface area contributed by atoms with E-state index in [-0.39, 0.29) is 21.8 Å². The van der Waals surface area contributed by atoms with Gasteiger partial charge in [-0.05, 0) is 55.5 Å². The first-order chi connectivity index (χ1) is 14.0. The standard InChI is InChI=1S/C21H17F3N2O3S/c1-14-8-10-19(11-9-14)30(28,29)26-18-7-2-4-15(12-18)20(27)25-17-6-3-5-16(13-17)21(22,23)24/h2-13,26H,1H3,(H,25,27). The second-order valence-corrected chi connectivity index (χ2v) is 8.21. The summed E-state index contributed by atoms with van der Waals surface area (Å²) in [5, 5.41) is 2.38. The van der Waals surface area contributed by atoms with Crippen LogP contribution >= 0.6 is 0 Å². The third kappa shape index (κ3) is 5.18. The lowest BCUT2D eigenvalue weighted by Crippen LogP contribution is -2.15. The van der Waals surface area contributed by atoms with Crippen molar-refractivity contribution in [2.45, 2.75) is 18.0 Å². The summed E-state index contributed by atoms with van der Waals surface area (Å²) in [5.74, 6) is -0.675. The number of nitrogens with one attached hydrogen (secondary N) is 2. The lowest BCUT2D eigenvalue weighted by Gasteiger charge is -2.11. The van der Waals surface area contributed by atoms with Crippen LogP contribution in [0.15, 0.2) is 77.7 Å². The first kappa shape index (κ1) is 21.4. The molecule has 3 aromatic carbocycles. The van der Waals surface area contributed by atoms with Crippen molar-refractivity contribution < 1.29 is 26.4 Å². The van der Waals surface area contributed by atoms with Crippen LogP contribution < -0.4 is 10.0 Å². The average molecular weight is 434 g/mol. The zero-order valence-corrected chi connectivity index (χ0v) is 16.5. The van der Waals surface area contributed by atoms with Crippen molar-refractivity contribution in [3.8, 4) is 0 Å². The molecule has 0 bridgehead atoms. The Morgan fingerprint density at radius 1 is 0.867 bits per heavy atom. The predicted octanol–water partition coefficient (Wildman–Crippen LogP) is 5.07. The van der Waals surface area contributed by atoms with Gasteiger partial charge in [-0.15, -0.1) is 0 Å². The summed E-state index contributed by atoms with van der Waals surface area (Å²) in [6.07, 6.45) is -4.53. The van der Waals surface area contributed by atoms with Crippen LogP contribution in [0.3, 0.4) is 0 Å². The molecule has 0 heterocycles. The summed E-state index contributed by atoms with van der Waals surface area (Å²) < 4.78 is 65.9. The van der Waals surface area contributed by atoms with Gasteiger partial charge in [-0.3, -0.25) is 9.52 Å². The molecule has 0 saturated carbocycles. The molecule has 156 valence electrons. The monoisotopic (exact) mass is 434 g/mol. The molecule has 5 nitrogen and oxygen atoms in total. The minimum Gasteiger partial charge on any atom is -0.322 e. The molecule has 0 spiro atoms. The number of hydrogen-bond acceptors (Lipinski definition) is 3. The summed E-state index contributed by atoms with van der Waals surface area (Å²) in [5.41, 5.74) is 0.214. The number of halogens is 3. The molecule has 9 heteroatoms. The van der Waals surface area contributed by atoms with Gasteiger partial charge in [0.1, 0.15) is 0 Å². The van der Waals surface area contributed by atoms with Crippen molar-refractivity contribution in [2.75, 3.05) is 10.0 Å². The highest BCUT2D eigenvalue weighted by atomic mass is 32.2. The van der Waals surface area contributed by atoms with E-state index in [1.54, 1.807) is 12.1 Å². The fourth-order valence-electron chi connectivity index (χ4n) is 2.63. The van der Waals surface area contributed by atoms with Crippen LogP contribution in [0.2, 0.25) is 0 Å². The SMILES string of the molecule is Cc1ccc(S(=O)(=O)Nc2cccc(C(=O)Nc3cccc(C(F)(F)F)c3)c2)cc1. The van der Waals surface area contributed by atoms with Crippen LogP contribution in [0.5, 0.6) is 0 Å². The van der Waals surface area contributed by atoms with Gasteiger partial charge in [-0.1, -0.05) is 29.8 Å². The Morgan fingerprint density at radius 3 is 2.17 bits per heavy atom. The van der Waals surface area contributed by atoms with Crippen molar-refractivity contribution in [1.82, 2.24) is 0 Å². The molecule has 0 aromatic heterocycles. The maximum absolute atomic E-state index is 12.8. The fraction of sp³-hybridized carbons (Fsp3) is 0.0952. The van der Waals surface area contributed by atoms with Crippen LogP contribution in [0.25, 0.3) is 0 Å². The van der Waals surface area contributed by atoms with E-state index in [9.17, 15) is 26.4 Å². The first-order valence-electron chi connectivity index (χ1n) is 8.73. The van der Waals surface area contributed by atoms with E-state index in [1.165, 1.54) is 48.5 Å². The Labute approximate surface area is 171 Å². The number of benzene rings is 3. The Kier molecular flexibility index (Phi) is 5.84. The van der Waals surface area contributed by atoms with Gasteiger partial charge in [0.15, 0.2) is 0 Å². The molecule has 0 aliphatic carbocycles. The fourth-order valence-corrected chi connectivity index (χ4v) is 3.68. The molecule has 0 atom stereocenters. The van der Waals surface area contributed by atoms with Gasteiger partial charge in [-0.25, -0.2) is 8.42 Å². The van der Waals surface area contributed by atoms with E-state index in [1.807, 2.05) is 6.92 Å². The molecule has 3 aromatic rings. The molecule has 0 aliphatic heterocycles. The molecule has 0 unspecified atom stereocenters. The normalized spacial score (nSPS) is 11.7. The number of carbonyl (C=O) groups is 1. The van der Waals surface area contributed by atoms with Crippen LogP contribution in [-0.4, -0.2) is 14.3 Å². The maximum Gasteiger partial charge on any atom is 0.416 e. The number of anilines is 2. The molecule has 1 amide bonds. The van der Waals surface area contributed by atoms with Gasteiger partial charge in [-0.2, -0.15) is 13.2 Å². The molecule has 0 saturated heterocycles. The van der Waals surface area contributed by atoms with E-state index >= 15 is 0 Å². The molecule has 2 N–H and O–H groups in total. The maximum atomic E-state index is 12.8. The van der Waals surface area contributed by atoms with E-state index in [0.717, 1.165) is 17.7 Å². The Balaban J connectivity index is 1.78. The number of alkyl halides is 3. The number of hydrogen-bond donors (Lipinski definition) is 2. The van der Waals surface area contributed by atoms with Gasteiger partial charge in [0.25, 0.3) is 15.9 Å². The van der Waals surface area contributed by atoms with Crippen molar-refractivity contribution in [3.63, 3.8) is 0 Å². The highest BCUT2D eigenvalue weighted by Crippen LogP contribution is 2.30. The average Bonchev–Trinajstić information content (AvgIpc) is 2.68. The van der Waals surface area contributed by atoms with E-state index in [2.05, 4.69) is 10.0 Å². The predicted molar refractivity (Wildman–Crippen MR) is 108 cm³/mol. The summed E-state index contributed by atoms with van der Waals surface area (Å²) in [6.45, 7) is 1.83. The molecular weight excluding hydrogens is 417 g/mol. The van der Waals surface area contributed by atoms with Crippen LogP contribution in [0.4, 0.5) is 24.5 Å². The number of carbonyl (C=O) groups excluding carboxylic acids is 1. The largest absolute Gasteiger partial charge is 0.416 e. The number of rotatable bonds is 5. The number of sulfonamides is 1. The number of aryl methyl sites for hydroxylation is 1. The highest BCUT2D eigenvalue weighted by Gasteiger charge is 2.30. The Morgan fingerprint density at radius 2 is 1.50 bits per heavy atom. The van der Waals surface area contributed by atoms with Gasteiger partial charge in [0.05, 0.1) is 10.5 Å². The molecule has 0 aliphatic rings. The van der Waals surface area contributed by atoms with Gasteiger partial charge < -0.3 is 5.32 Å². The minimum absolute atomic E-state index is 0.0273. The van der Waals surface area contributed by atoms with Gasteiger partial charge >= 0.3 is 6.18 Å². The molecule has 0 radical (unpaired) electrons. The highest BCUT2D eigenvalue weighted by molar-refractivity contribution is 7.92. The Hall–Kier alpha value is -3.33. The van der Waals surface area contributed by atoms with Crippen LogP contribution in [0.1, 0.15) is 21.5 Å². The van der Waals surface area contributed by atoms with Gasteiger partial charge in [0.2, 0.25) is 0 Å². The number of amides is 1. The molecule has 30 heavy (non-hydrogen) atoms. The van der Waals surface area contributed by atoms with Crippen molar-refractivity contribution in [2.24, 2.45) is 0 Å². The third-order valence-electron chi connectivity index (χ3n) is 4.16. The summed E-state index contributed by atoms with van der Waals surface area (Å²) in [6, 6.07) is 16.1. The van der Waals surface area contributed by atoms with E-state index in [0.29, 0.717) is 0 Å². The zero-order valence-electron chi connectivity index (χ0n) is 15.7. The second kappa shape index (κ2) is 8.19. The minimum atomic E-state index is -4.53. The topological polar surface area (TPSA) is 75.3 Å². The molecular formula is C21H17F3N2O3S. The molecule has 3 rings (SSSR count). The lowest BCUT2D eigenvalue weighted by molar-refractivity contribution is -0.137. The summed E-state index contributed by atoms with van der Waals surface area (Å²) >= 11 is 0. The Bertz CT molecular complexity index is 1170. The zero-order chi connectivity index (χ0) is 21.9. The van der Waals surface area contributed by atoms with E-state index in [4.69, 9.17) is 0 Å². The van der Waals surface area contributed by atoms with Crippen molar-refractivity contribution in [3.05, 3.63) is 89.5 Å². The summed E-state index contributed by atoms with van der Waals surface area (Å²) in [7, 11) is -3.86. The quantitative estimate of drug-likeness (QED) is 0.589. The van der Waals surface area contributed by atoms with Crippen LogP contribution in [-0.2, 0) is 16.2 Å². The van der Waals surface area contributed by atoms with E-state index < -0.39 is 27.7 Å². The smallest absolute Gasteiger partial charge is 0.322 e. The lowest BCUT2D eigenvalue weighted by atomic mass is 10.1.